The number of fused-ring (bicyclic) bond motifs is 1. The highest BCUT2D eigenvalue weighted by molar-refractivity contribution is 6.07. The van der Waals surface area contributed by atoms with Crippen LogP contribution in [0.25, 0.3) is 16.9 Å². The highest BCUT2D eigenvalue weighted by atomic mass is 16.2. The number of aryl methyl sites for hydroxylation is 1. The summed E-state index contributed by atoms with van der Waals surface area (Å²) in [6.45, 7) is 2.56. The quantitative estimate of drug-likeness (QED) is 0.453. The van der Waals surface area contributed by atoms with Gasteiger partial charge in [-0.2, -0.15) is 9.78 Å². The first-order valence-corrected chi connectivity index (χ1v) is 11.0. The molecule has 0 aromatic carbocycles. The Labute approximate surface area is 184 Å². The van der Waals surface area contributed by atoms with Crippen molar-refractivity contribution in [2.45, 2.75) is 44.9 Å². The van der Waals surface area contributed by atoms with E-state index in [4.69, 9.17) is 4.98 Å². The van der Waals surface area contributed by atoms with Crippen molar-refractivity contribution in [3.63, 3.8) is 0 Å². The smallest absolute Gasteiger partial charge is 0.252 e. The fraction of sp³-hybridized carbons (Fsp3) is 0.391. The third-order valence-corrected chi connectivity index (χ3v) is 5.94. The predicted molar refractivity (Wildman–Crippen MR) is 116 cm³/mol. The Kier molecular flexibility index (Phi) is 5.16. The van der Waals surface area contributed by atoms with Gasteiger partial charge in [0.15, 0.2) is 11.5 Å². The molecule has 1 N–H and O–H groups in total. The zero-order valence-electron chi connectivity index (χ0n) is 17.9. The topological polar surface area (TPSA) is 110 Å². The van der Waals surface area contributed by atoms with E-state index in [-0.39, 0.29) is 30.6 Å². The molecule has 3 aromatic heterocycles. The number of imide groups is 1. The third kappa shape index (κ3) is 3.74. The van der Waals surface area contributed by atoms with Crippen molar-refractivity contribution in [1.82, 2.24) is 30.0 Å². The maximum atomic E-state index is 13.1. The molecule has 1 saturated heterocycles. The molecule has 32 heavy (non-hydrogen) atoms. The monoisotopic (exact) mass is 432 g/mol. The summed E-state index contributed by atoms with van der Waals surface area (Å²) in [5, 5.41) is 8.27. The average Bonchev–Trinajstić information content (AvgIpc) is 3.54. The molecule has 0 spiro atoms. The number of nitrogens with zero attached hydrogens (tertiary/aromatic N) is 5. The summed E-state index contributed by atoms with van der Waals surface area (Å²) < 4.78 is 1.69. The molecule has 3 amide bonds. The van der Waals surface area contributed by atoms with E-state index in [0.717, 1.165) is 18.5 Å². The molecule has 2 aliphatic rings. The minimum atomic E-state index is -0.206. The van der Waals surface area contributed by atoms with Crippen LogP contribution in [0.4, 0.5) is 0 Å². The van der Waals surface area contributed by atoms with Gasteiger partial charge in [-0.25, -0.2) is 9.97 Å². The average molecular weight is 432 g/mol. The largest absolute Gasteiger partial charge is 0.352 e. The Morgan fingerprint density at radius 3 is 2.66 bits per heavy atom. The summed E-state index contributed by atoms with van der Waals surface area (Å²) in [5.41, 5.74) is 2.78. The van der Waals surface area contributed by atoms with Gasteiger partial charge in [0.25, 0.3) is 5.91 Å². The Morgan fingerprint density at radius 1 is 1.19 bits per heavy atom. The lowest BCUT2D eigenvalue weighted by molar-refractivity contribution is -0.138. The maximum absolute atomic E-state index is 13.1. The van der Waals surface area contributed by atoms with Gasteiger partial charge >= 0.3 is 0 Å². The molecular formula is C23H24N6O3. The number of amides is 3. The standard InChI is InChI=1S/C23H24N6O3/c1-14-21-16(23(32)25-11-4-12-28-19(30)8-9-20(28)31)13-17(15-6-7-15)26-22(21)29(27-14)18-5-2-3-10-24-18/h2-3,5,10,13,15H,4,6-9,11-12H2,1H3,(H,25,32). The number of hydrogen-bond acceptors (Lipinski definition) is 6. The van der Waals surface area contributed by atoms with Crippen LogP contribution in [0, 0.1) is 6.92 Å². The van der Waals surface area contributed by atoms with Crippen molar-refractivity contribution in [2.75, 3.05) is 13.1 Å². The SMILES string of the molecule is Cc1nn(-c2ccccn2)c2nc(C3CC3)cc(C(=O)NCCCN3C(=O)CCC3=O)c12. The number of carbonyl (C=O) groups is 3. The van der Waals surface area contributed by atoms with E-state index < -0.39 is 0 Å². The van der Waals surface area contributed by atoms with Gasteiger partial charge in [-0.15, -0.1) is 0 Å². The van der Waals surface area contributed by atoms with Crippen LogP contribution in [0.5, 0.6) is 0 Å². The van der Waals surface area contributed by atoms with Crippen LogP contribution >= 0.6 is 0 Å². The highest BCUT2D eigenvalue weighted by Crippen LogP contribution is 2.40. The number of aromatic nitrogens is 4. The summed E-state index contributed by atoms with van der Waals surface area (Å²) in [4.78, 5) is 47.1. The number of likely N-dealkylation sites (tertiary alicyclic amines) is 1. The van der Waals surface area contributed by atoms with E-state index in [1.54, 1.807) is 10.9 Å². The molecule has 4 heterocycles. The second-order valence-electron chi connectivity index (χ2n) is 8.30. The Balaban J connectivity index is 1.40. The van der Waals surface area contributed by atoms with Gasteiger partial charge in [-0.3, -0.25) is 19.3 Å². The fourth-order valence-corrected chi connectivity index (χ4v) is 4.12. The lowest BCUT2D eigenvalue weighted by atomic mass is 10.1. The molecular weight excluding hydrogens is 408 g/mol. The molecule has 0 atom stereocenters. The van der Waals surface area contributed by atoms with Crippen LogP contribution in [-0.2, 0) is 9.59 Å². The molecule has 5 rings (SSSR count). The Bertz CT molecular complexity index is 1200. The lowest BCUT2D eigenvalue weighted by Crippen LogP contribution is -2.33. The van der Waals surface area contributed by atoms with E-state index in [1.807, 2.05) is 31.2 Å². The minimum Gasteiger partial charge on any atom is -0.352 e. The van der Waals surface area contributed by atoms with E-state index >= 15 is 0 Å². The maximum Gasteiger partial charge on any atom is 0.252 e. The van der Waals surface area contributed by atoms with Gasteiger partial charge in [0.05, 0.1) is 16.6 Å². The zero-order valence-corrected chi connectivity index (χ0v) is 17.9. The van der Waals surface area contributed by atoms with Crippen LogP contribution in [-0.4, -0.2) is 55.5 Å². The van der Waals surface area contributed by atoms with E-state index in [0.29, 0.717) is 53.5 Å². The van der Waals surface area contributed by atoms with Crippen molar-refractivity contribution >= 4 is 28.8 Å². The van der Waals surface area contributed by atoms with E-state index in [1.165, 1.54) is 4.90 Å². The van der Waals surface area contributed by atoms with E-state index in [9.17, 15) is 14.4 Å². The van der Waals surface area contributed by atoms with Crippen molar-refractivity contribution in [2.24, 2.45) is 0 Å². The van der Waals surface area contributed by atoms with Crippen LogP contribution in [0.3, 0.4) is 0 Å². The van der Waals surface area contributed by atoms with Crippen molar-refractivity contribution in [3.05, 3.63) is 47.4 Å². The van der Waals surface area contributed by atoms with Crippen LogP contribution in [0.2, 0.25) is 0 Å². The fourth-order valence-electron chi connectivity index (χ4n) is 4.12. The molecule has 0 radical (unpaired) electrons. The number of rotatable bonds is 7. The van der Waals surface area contributed by atoms with Gasteiger partial charge in [0, 0.05) is 43.7 Å². The first kappa shape index (κ1) is 20.3. The first-order valence-electron chi connectivity index (χ1n) is 11.0. The number of nitrogens with one attached hydrogen (secondary N) is 1. The normalized spacial score (nSPS) is 16.2. The summed E-state index contributed by atoms with van der Waals surface area (Å²) in [6, 6.07) is 7.46. The molecule has 2 fully saturated rings. The number of hydrogen-bond donors (Lipinski definition) is 1. The summed E-state index contributed by atoms with van der Waals surface area (Å²) in [7, 11) is 0. The summed E-state index contributed by atoms with van der Waals surface area (Å²) >= 11 is 0. The van der Waals surface area contributed by atoms with Crippen LogP contribution in [0.15, 0.2) is 30.5 Å². The molecule has 1 saturated carbocycles. The van der Waals surface area contributed by atoms with Crippen molar-refractivity contribution in [1.29, 1.82) is 0 Å². The molecule has 3 aromatic rings. The zero-order chi connectivity index (χ0) is 22.2. The Hall–Kier alpha value is -3.62. The third-order valence-electron chi connectivity index (χ3n) is 5.94. The van der Waals surface area contributed by atoms with Gasteiger partial charge in [-0.1, -0.05) is 6.07 Å². The van der Waals surface area contributed by atoms with Gasteiger partial charge in [0.2, 0.25) is 11.8 Å². The first-order chi connectivity index (χ1) is 15.5. The van der Waals surface area contributed by atoms with Gasteiger partial charge in [-0.05, 0) is 44.4 Å². The van der Waals surface area contributed by atoms with Crippen molar-refractivity contribution in [3.8, 4) is 5.82 Å². The van der Waals surface area contributed by atoms with Crippen molar-refractivity contribution < 1.29 is 14.4 Å². The molecule has 0 bridgehead atoms. The van der Waals surface area contributed by atoms with E-state index in [2.05, 4.69) is 15.4 Å². The molecule has 0 unspecified atom stereocenters. The lowest BCUT2D eigenvalue weighted by Gasteiger charge is -2.14. The van der Waals surface area contributed by atoms with Gasteiger partial charge < -0.3 is 5.32 Å². The predicted octanol–water partition coefficient (Wildman–Crippen LogP) is 2.27. The second-order valence-corrected chi connectivity index (χ2v) is 8.30. The summed E-state index contributed by atoms with van der Waals surface area (Å²) in [5.74, 6) is 0.539. The second kappa shape index (κ2) is 8.14. The molecule has 1 aliphatic carbocycles. The highest BCUT2D eigenvalue weighted by Gasteiger charge is 2.30. The molecule has 164 valence electrons. The van der Waals surface area contributed by atoms with Gasteiger partial charge in [0.1, 0.15) is 0 Å². The minimum absolute atomic E-state index is 0.135. The number of carbonyl (C=O) groups excluding carboxylic acids is 3. The Morgan fingerprint density at radius 2 is 1.97 bits per heavy atom. The molecule has 1 aliphatic heterocycles. The number of pyridine rings is 2. The van der Waals surface area contributed by atoms with Crippen LogP contribution < -0.4 is 5.32 Å². The summed E-state index contributed by atoms with van der Waals surface area (Å²) in [6.07, 6.45) is 4.90. The van der Waals surface area contributed by atoms with Crippen LogP contribution in [0.1, 0.15) is 59.8 Å². The molecule has 9 nitrogen and oxygen atoms in total. The molecule has 9 heteroatoms.